The molecule has 11 heteroatoms. The summed E-state index contributed by atoms with van der Waals surface area (Å²) in [6.45, 7) is 1.42. The van der Waals surface area contributed by atoms with E-state index >= 15 is 0 Å². The average Bonchev–Trinajstić information content (AvgIpc) is 2.43. The fourth-order valence-corrected chi connectivity index (χ4v) is 1.77. The Morgan fingerprint density at radius 2 is 2.09 bits per heavy atom. The molecule has 22 heavy (non-hydrogen) atoms. The standard InChI is InChI=1S/C11H9Cl2N3O6/c1-2-22-11(18)8(15-19)10(17)14-6-4-3-5(12)7(13)9(6)16(20)21/h3-4,19H,2H2,1H3,(H,14,17)/b15-8-. The number of rotatable bonds is 5. The van der Waals surface area contributed by atoms with Crippen LogP contribution in [-0.2, 0) is 14.3 Å². The van der Waals surface area contributed by atoms with Crippen molar-refractivity contribution in [3.8, 4) is 0 Å². The lowest BCUT2D eigenvalue weighted by atomic mass is 10.2. The van der Waals surface area contributed by atoms with Gasteiger partial charge in [0.25, 0.3) is 11.6 Å². The third kappa shape index (κ3) is 3.83. The number of halogens is 2. The molecule has 0 fully saturated rings. The smallest absolute Gasteiger partial charge is 0.366 e. The van der Waals surface area contributed by atoms with Gasteiger partial charge < -0.3 is 15.3 Å². The van der Waals surface area contributed by atoms with Gasteiger partial charge in [0, 0.05) is 0 Å². The quantitative estimate of drug-likeness (QED) is 0.209. The third-order valence-electron chi connectivity index (χ3n) is 2.28. The topological polar surface area (TPSA) is 131 Å². The number of nitrogens with one attached hydrogen (secondary N) is 1. The van der Waals surface area contributed by atoms with Gasteiger partial charge in [0.15, 0.2) is 0 Å². The van der Waals surface area contributed by atoms with Crippen molar-refractivity contribution in [1.82, 2.24) is 0 Å². The molecule has 2 N–H and O–H groups in total. The van der Waals surface area contributed by atoms with E-state index in [9.17, 15) is 19.7 Å². The maximum Gasteiger partial charge on any atom is 0.366 e. The number of carbonyl (C=O) groups is 2. The summed E-state index contributed by atoms with van der Waals surface area (Å²) in [6.07, 6.45) is 0. The van der Waals surface area contributed by atoms with Gasteiger partial charge in [0.1, 0.15) is 10.7 Å². The molecule has 0 aliphatic rings. The van der Waals surface area contributed by atoms with Crippen LogP contribution in [0.5, 0.6) is 0 Å². The van der Waals surface area contributed by atoms with Crippen molar-refractivity contribution in [2.24, 2.45) is 5.16 Å². The molecule has 1 rings (SSSR count). The molecule has 0 unspecified atom stereocenters. The van der Waals surface area contributed by atoms with Crippen LogP contribution in [0.4, 0.5) is 11.4 Å². The largest absolute Gasteiger partial charge is 0.461 e. The summed E-state index contributed by atoms with van der Waals surface area (Å²) < 4.78 is 4.50. The Bertz CT molecular complexity index is 661. The molecule has 1 amide bonds. The molecule has 9 nitrogen and oxygen atoms in total. The molecule has 1 aromatic rings. The number of nitro groups is 1. The van der Waals surface area contributed by atoms with Crippen LogP contribution in [0.25, 0.3) is 0 Å². The minimum Gasteiger partial charge on any atom is -0.461 e. The van der Waals surface area contributed by atoms with Crippen LogP contribution in [0.15, 0.2) is 17.3 Å². The van der Waals surface area contributed by atoms with E-state index in [1.807, 2.05) is 5.32 Å². The van der Waals surface area contributed by atoms with Gasteiger partial charge in [-0.2, -0.15) is 0 Å². The summed E-state index contributed by atoms with van der Waals surface area (Å²) >= 11 is 11.4. The van der Waals surface area contributed by atoms with Gasteiger partial charge in [0.2, 0.25) is 0 Å². The van der Waals surface area contributed by atoms with Gasteiger partial charge in [-0.25, -0.2) is 4.79 Å². The van der Waals surface area contributed by atoms with Crippen molar-refractivity contribution >= 4 is 52.2 Å². The summed E-state index contributed by atoms with van der Waals surface area (Å²) in [5.74, 6) is -2.40. The Balaban J connectivity index is 3.15. The zero-order valence-corrected chi connectivity index (χ0v) is 12.5. The molecule has 0 saturated heterocycles. The van der Waals surface area contributed by atoms with E-state index in [1.165, 1.54) is 13.0 Å². The van der Waals surface area contributed by atoms with Crippen molar-refractivity contribution in [2.75, 3.05) is 11.9 Å². The summed E-state index contributed by atoms with van der Waals surface area (Å²) in [7, 11) is 0. The molecule has 0 heterocycles. The van der Waals surface area contributed by atoms with Crippen LogP contribution in [0.1, 0.15) is 6.92 Å². The van der Waals surface area contributed by atoms with Crippen molar-refractivity contribution < 1.29 is 24.5 Å². The second-order valence-electron chi connectivity index (χ2n) is 3.64. The lowest BCUT2D eigenvalue weighted by molar-refractivity contribution is -0.383. The zero-order valence-electron chi connectivity index (χ0n) is 11.0. The van der Waals surface area contributed by atoms with Gasteiger partial charge in [0.05, 0.1) is 16.6 Å². The number of amides is 1. The fraction of sp³-hybridized carbons (Fsp3) is 0.182. The number of nitro benzene ring substituents is 1. The van der Waals surface area contributed by atoms with Crippen LogP contribution in [0, 0.1) is 10.1 Å². The highest BCUT2D eigenvalue weighted by molar-refractivity contribution is 6.66. The number of esters is 1. The van der Waals surface area contributed by atoms with E-state index in [4.69, 9.17) is 28.4 Å². The van der Waals surface area contributed by atoms with E-state index in [2.05, 4.69) is 9.89 Å². The van der Waals surface area contributed by atoms with E-state index in [0.717, 1.165) is 6.07 Å². The predicted molar refractivity (Wildman–Crippen MR) is 77.6 cm³/mol. The summed E-state index contributed by atoms with van der Waals surface area (Å²) in [5, 5.41) is 23.8. The molecule has 0 bridgehead atoms. The van der Waals surface area contributed by atoms with Crippen LogP contribution in [0.3, 0.4) is 0 Å². The highest BCUT2D eigenvalue weighted by atomic mass is 35.5. The molecule has 0 aliphatic heterocycles. The van der Waals surface area contributed by atoms with E-state index in [-0.39, 0.29) is 22.3 Å². The molecule has 0 aliphatic carbocycles. The van der Waals surface area contributed by atoms with Crippen LogP contribution in [0.2, 0.25) is 10.0 Å². The fourth-order valence-electron chi connectivity index (χ4n) is 1.38. The molecule has 0 spiro atoms. The molecule has 1 aromatic carbocycles. The van der Waals surface area contributed by atoms with Gasteiger partial charge in [-0.15, -0.1) is 0 Å². The van der Waals surface area contributed by atoms with E-state index in [1.54, 1.807) is 0 Å². The van der Waals surface area contributed by atoms with Crippen LogP contribution < -0.4 is 5.32 Å². The number of benzene rings is 1. The lowest BCUT2D eigenvalue weighted by Crippen LogP contribution is -2.31. The third-order valence-corrected chi connectivity index (χ3v) is 3.08. The van der Waals surface area contributed by atoms with E-state index < -0.39 is 28.2 Å². The molecule has 0 aromatic heterocycles. The number of hydrogen-bond donors (Lipinski definition) is 2. The Morgan fingerprint density at radius 3 is 2.59 bits per heavy atom. The number of nitrogens with zero attached hydrogens (tertiary/aromatic N) is 2. The second kappa shape index (κ2) is 7.57. The van der Waals surface area contributed by atoms with Gasteiger partial charge in [-0.1, -0.05) is 28.4 Å². The molecular weight excluding hydrogens is 341 g/mol. The summed E-state index contributed by atoms with van der Waals surface area (Å²) in [5.41, 5.74) is -1.96. The summed E-state index contributed by atoms with van der Waals surface area (Å²) in [6, 6.07) is 2.33. The molecule has 0 atom stereocenters. The van der Waals surface area contributed by atoms with Crippen molar-refractivity contribution in [1.29, 1.82) is 0 Å². The normalized spacial score (nSPS) is 11.0. The SMILES string of the molecule is CCOC(=O)/C(=N\O)C(=O)Nc1ccc(Cl)c(Cl)c1[N+](=O)[O-]. The minimum absolute atomic E-state index is 0.0575. The summed E-state index contributed by atoms with van der Waals surface area (Å²) in [4.78, 5) is 33.4. The van der Waals surface area contributed by atoms with Crippen LogP contribution in [-0.4, -0.2) is 34.3 Å². The number of ether oxygens (including phenoxy) is 1. The maximum absolute atomic E-state index is 11.8. The van der Waals surface area contributed by atoms with E-state index in [0.29, 0.717) is 0 Å². The Hall–Kier alpha value is -2.39. The highest BCUT2D eigenvalue weighted by Gasteiger charge is 2.27. The highest BCUT2D eigenvalue weighted by Crippen LogP contribution is 2.37. The monoisotopic (exact) mass is 349 g/mol. The van der Waals surface area contributed by atoms with Gasteiger partial charge in [-0.05, 0) is 19.1 Å². The predicted octanol–water partition coefficient (Wildman–Crippen LogP) is 2.23. The second-order valence-corrected chi connectivity index (χ2v) is 4.42. The molecular formula is C11H9Cl2N3O6. The Labute approximate surface area is 133 Å². The number of oxime groups is 1. The number of hydrogen-bond acceptors (Lipinski definition) is 7. The van der Waals surface area contributed by atoms with Crippen LogP contribution >= 0.6 is 23.2 Å². The molecule has 0 radical (unpaired) electrons. The average molecular weight is 350 g/mol. The van der Waals surface area contributed by atoms with Gasteiger partial charge >= 0.3 is 11.7 Å². The first-order chi connectivity index (χ1) is 10.3. The van der Waals surface area contributed by atoms with Crippen molar-refractivity contribution in [2.45, 2.75) is 6.92 Å². The molecule has 118 valence electrons. The number of anilines is 1. The first-order valence-electron chi connectivity index (χ1n) is 5.66. The van der Waals surface area contributed by atoms with Crippen molar-refractivity contribution in [3.63, 3.8) is 0 Å². The van der Waals surface area contributed by atoms with Gasteiger partial charge in [-0.3, -0.25) is 14.9 Å². The maximum atomic E-state index is 11.8. The Kier molecular flexibility index (Phi) is 6.08. The zero-order chi connectivity index (χ0) is 16.9. The first kappa shape index (κ1) is 17.7. The lowest BCUT2D eigenvalue weighted by Gasteiger charge is -2.08. The number of carbonyl (C=O) groups excluding carboxylic acids is 2. The minimum atomic E-state index is -1.21. The van der Waals surface area contributed by atoms with Crippen molar-refractivity contribution in [3.05, 3.63) is 32.3 Å². The molecule has 0 saturated carbocycles. The Morgan fingerprint density at radius 1 is 1.45 bits per heavy atom. The first-order valence-corrected chi connectivity index (χ1v) is 6.42.